The van der Waals surface area contributed by atoms with Crippen molar-refractivity contribution < 1.29 is 47.5 Å². The molecule has 0 spiro atoms. The van der Waals surface area contributed by atoms with Gasteiger partial charge in [-0.25, -0.2) is 4.57 Å². The van der Waals surface area contributed by atoms with Crippen molar-refractivity contribution in [3.8, 4) is 0 Å². The van der Waals surface area contributed by atoms with Gasteiger partial charge >= 0.3 is 25.7 Å². The summed E-state index contributed by atoms with van der Waals surface area (Å²) in [7, 11) is -4.71. The molecule has 0 aromatic rings. The van der Waals surface area contributed by atoms with Crippen molar-refractivity contribution in [2.45, 2.75) is 231 Å². The number of carboxylic acids is 1. The number of aliphatic carboxylic acids is 1. The Bertz CT molecular complexity index is 1010. The van der Waals surface area contributed by atoms with Gasteiger partial charge in [0.2, 0.25) is 0 Å². The number of rotatable bonds is 43. The highest BCUT2D eigenvalue weighted by molar-refractivity contribution is 7.47. The average Bonchev–Trinajstić information content (AvgIpc) is 3.17. The molecule has 330 valence electrons. The Morgan fingerprint density at radius 3 is 1.36 bits per heavy atom. The van der Waals surface area contributed by atoms with Gasteiger partial charge in [-0.3, -0.25) is 23.4 Å². The van der Waals surface area contributed by atoms with Crippen molar-refractivity contribution in [1.82, 2.24) is 0 Å². The summed E-state index contributed by atoms with van der Waals surface area (Å²) in [6, 6.07) is -1.52. The van der Waals surface area contributed by atoms with Crippen molar-refractivity contribution in [1.29, 1.82) is 0 Å². The third kappa shape index (κ3) is 39.1. The number of ether oxygens (including phenoxy) is 2. The van der Waals surface area contributed by atoms with E-state index in [-0.39, 0.29) is 19.4 Å². The molecule has 0 amide bonds. The molecule has 1 unspecified atom stereocenters. The Balaban J connectivity index is 4.23. The van der Waals surface area contributed by atoms with Crippen LogP contribution >= 0.6 is 7.82 Å². The molecule has 0 radical (unpaired) electrons. The van der Waals surface area contributed by atoms with Gasteiger partial charge in [0.1, 0.15) is 12.6 Å². The van der Waals surface area contributed by atoms with E-state index in [1.807, 2.05) is 0 Å². The van der Waals surface area contributed by atoms with Crippen molar-refractivity contribution in [2.75, 3.05) is 19.8 Å². The van der Waals surface area contributed by atoms with Crippen LogP contribution in [0.1, 0.15) is 219 Å². The van der Waals surface area contributed by atoms with E-state index in [4.69, 9.17) is 24.8 Å². The molecule has 0 bridgehead atoms. The van der Waals surface area contributed by atoms with Crippen LogP contribution in [0.4, 0.5) is 0 Å². The second-order valence-corrected chi connectivity index (χ2v) is 17.0. The van der Waals surface area contributed by atoms with E-state index < -0.39 is 51.1 Å². The normalized spacial score (nSPS) is 13.8. The van der Waals surface area contributed by atoms with E-state index in [0.717, 1.165) is 57.8 Å². The number of nitrogens with two attached hydrogens (primary N) is 1. The zero-order valence-electron chi connectivity index (χ0n) is 35.7. The summed E-state index contributed by atoms with van der Waals surface area (Å²) in [5.41, 5.74) is 5.33. The van der Waals surface area contributed by atoms with E-state index in [2.05, 4.69) is 30.5 Å². The third-order valence-corrected chi connectivity index (χ3v) is 11.0. The zero-order valence-corrected chi connectivity index (χ0v) is 36.6. The molecule has 0 fully saturated rings. The SMILES string of the molecule is CCCC/C=C\CCCCCCCC(=O)OC[C@H](COP(=O)(O)OC[C@H](N)C(=O)O)OC(=O)CCCCCCCCCCCCCCCCCCCCCCC. The van der Waals surface area contributed by atoms with Crippen LogP contribution < -0.4 is 5.73 Å². The summed E-state index contributed by atoms with van der Waals surface area (Å²) < 4.78 is 32.7. The fourth-order valence-corrected chi connectivity index (χ4v) is 7.18. The minimum absolute atomic E-state index is 0.165. The van der Waals surface area contributed by atoms with Crippen molar-refractivity contribution in [2.24, 2.45) is 5.73 Å². The van der Waals surface area contributed by atoms with Gasteiger partial charge in [-0.2, -0.15) is 0 Å². The van der Waals surface area contributed by atoms with Crippen LogP contribution in [0.25, 0.3) is 0 Å². The average molecular weight is 818 g/mol. The summed E-state index contributed by atoms with van der Waals surface area (Å²) >= 11 is 0. The molecular formula is C44H84NO10P. The lowest BCUT2D eigenvalue weighted by Crippen LogP contribution is -2.34. The Labute approximate surface area is 341 Å². The molecule has 11 nitrogen and oxygen atoms in total. The number of hydrogen-bond donors (Lipinski definition) is 3. The summed E-state index contributed by atoms with van der Waals surface area (Å²) in [5.74, 6) is -2.38. The van der Waals surface area contributed by atoms with Crippen molar-refractivity contribution >= 4 is 25.7 Å². The molecule has 3 atom stereocenters. The monoisotopic (exact) mass is 818 g/mol. The van der Waals surface area contributed by atoms with E-state index >= 15 is 0 Å². The molecule has 12 heteroatoms. The molecule has 0 aliphatic heterocycles. The summed E-state index contributed by atoms with van der Waals surface area (Å²) in [6.07, 6.45) is 40.0. The number of carboxylic acid groups (broad SMARTS) is 1. The molecule has 0 aromatic heterocycles. The Morgan fingerprint density at radius 1 is 0.536 bits per heavy atom. The molecule has 4 N–H and O–H groups in total. The van der Waals surface area contributed by atoms with E-state index in [1.54, 1.807) is 0 Å². The van der Waals surface area contributed by atoms with Crippen LogP contribution in [0.2, 0.25) is 0 Å². The number of allylic oxidation sites excluding steroid dienone is 2. The van der Waals surface area contributed by atoms with Crippen LogP contribution in [0.15, 0.2) is 12.2 Å². The van der Waals surface area contributed by atoms with E-state index in [9.17, 15) is 23.8 Å². The minimum Gasteiger partial charge on any atom is -0.480 e. The second kappa shape index (κ2) is 40.0. The fraction of sp³-hybridized carbons (Fsp3) is 0.886. The van der Waals surface area contributed by atoms with Gasteiger partial charge in [-0.15, -0.1) is 0 Å². The molecule has 56 heavy (non-hydrogen) atoms. The standard InChI is InChI=1S/C44H84NO10P/c1-3-5-7-9-11-13-15-16-17-18-19-20-21-22-23-24-26-28-30-32-34-36-43(47)55-40(38-53-56(50,51)54-39-41(45)44(48)49)37-52-42(46)35-33-31-29-27-25-14-12-10-8-6-4-2/h10,12,40-41H,3-9,11,13-39,45H2,1-2H3,(H,48,49)(H,50,51)/b12-10-/t40-,41+/m1/s1. The maximum atomic E-state index is 12.6. The van der Waals surface area contributed by atoms with E-state index in [0.29, 0.717) is 12.8 Å². The topological polar surface area (TPSA) is 172 Å². The molecule has 0 aliphatic rings. The first-order valence-corrected chi connectivity index (χ1v) is 24.2. The first kappa shape index (κ1) is 54.2. The zero-order chi connectivity index (χ0) is 41.4. The maximum absolute atomic E-state index is 12.6. The molecule has 0 aliphatic carbocycles. The molecular weight excluding hydrogens is 733 g/mol. The van der Waals surface area contributed by atoms with Gasteiger partial charge in [0.15, 0.2) is 6.10 Å². The highest BCUT2D eigenvalue weighted by Gasteiger charge is 2.28. The third-order valence-electron chi connectivity index (χ3n) is 10.0. The van der Waals surface area contributed by atoms with Gasteiger partial charge in [-0.1, -0.05) is 187 Å². The molecule has 0 heterocycles. The number of carbonyl (C=O) groups excluding carboxylic acids is 2. The van der Waals surface area contributed by atoms with Gasteiger partial charge < -0.3 is 25.2 Å². The quantitative estimate of drug-likeness (QED) is 0.0231. The van der Waals surface area contributed by atoms with Crippen LogP contribution in [-0.2, 0) is 37.5 Å². The lowest BCUT2D eigenvalue weighted by atomic mass is 10.0. The van der Waals surface area contributed by atoms with E-state index in [1.165, 1.54) is 122 Å². The summed E-state index contributed by atoms with van der Waals surface area (Å²) in [4.78, 5) is 45.9. The number of phosphoric acid groups is 1. The molecule has 0 aromatic carbocycles. The Morgan fingerprint density at radius 2 is 0.911 bits per heavy atom. The smallest absolute Gasteiger partial charge is 0.472 e. The van der Waals surface area contributed by atoms with Gasteiger partial charge in [0.05, 0.1) is 13.2 Å². The lowest BCUT2D eigenvalue weighted by Gasteiger charge is -2.20. The number of carbonyl (C=O) groups is 3. The highest BCUT2D eigenvalue weighted by Crippen LogP contribution is 2.43. The Hall–Kier alpha value is -1.78. The lowest BCUT2D eigenvalue weighted by molar-refractivity contribution is -0.161. The highest BCUT2D eigenvalue weighted by atomic mass is 31.2. The van der Waals surface area contributed by atoms with Crippen LogP contribution in [0.3, 0.4) is 0 Å². The predicted octanol–water partition coefficient (Wildman–Crippen LogP) is 12.1. The van der Waals surface area contributed by atoms with Crippen LogP contribution in [0.5, 0.6) is 0 Å². The summed E-state index contributed by atoms with van der Waals surface area (Å²) in [5, 5.41) is 8.88. The van der Waals surface area contributed by atoms with Crippen LogP contribution in [0, 0.1) is 0 Å². The molecule has 0 saturated heterocycles. The maximum Gasteiger partial charge on any atom is 0.472 e. The van der Waals surface area contributed by atoms with Gasteiger partial charge in [-0.05, 0) is 32.1 Å². The Kier molecular flexibility index (Phi) is 38.7. The van der Waals surface area contributed by atoms with Crippen molar-refractivity contribution in [3.05, 3.63) is 12.2 Å². The molecule has 0 saturated carbocycles. The number of hydrogen-bond acceptors (Lipinski definition) is 9. The summed E-state index contributed by atoms with van der Waals surface area (Å²) in [6.45, 7) is 2.78. The molecule has 0 rings (SSSR count). The number of phosphoric ester groups is 1. The van der Waals surface area contributed by atoms with Gasteiger partial charge in [0, 0.05) is 12.8 Å². The fourth-order valence-electron chi connectivity index (χ4n) is 6.40. The largest absolute Gasteiger partial charge is 0.480 e. The van der Waals surface area contributed by atoms with Crippen molar-refractivity contribution in [3.63, 3.8) is 0 Å². The predicted molar refractivity (Wildman–Crippen MR) is 226 cm³/mol. The number of esters is 2. The number of unbranched alkanes of at least 4 members (excludes halogenated alkanes) is 27. The minimum atomic E-state index is -4.71. The second-order valence-electron chi connectivity index (χ2n) is 15.5. The van der Waals surface area contributed by atoms with Crippen LogP contribution in [-0.4, -0.2) is 59.9 Å². The van der Waals surface area contributed by atoms with Gasteiger partial charge in [0.25, 0.3) is 0 Å². The first-order valence-electron chi connectivity index (χ1n) is 22.7. The first-order chi connectivity index (χ1) is 27.1.